The molecule has 0 radical (unpaired) electrons. The van der Waals surface area contributed by atoms with E-state index in [1.54, 1.807) is 6.07 Å². The monoisotopic (exact) mass is 326 g/mol. The van der Waals surface area contributed by atoms with E-state index in [-0.39, 0.29) is 23.1 Å². The largest absolute Gasteiger partial charge is 0.347 e. The predicted molar refractivity (Wildman–Crippen MR) is 80.9 cm³/mol. The van der Waals surface area contributed by atoms with E-state index >= 15 is 0 Å². The molecule has 2 aliphatic heterocycles. The average molecular weight is 326 g/mol. The fraction of sp³-hybridized carbons (Fsp3) is 0.533. The van der Waals surface area contributed by atoms with Gasteiger partial charge in [-0.2, -0.15) is 0 Å². The highest BCUT2D eigenvalue weighted by Gasteiger charge is 2.42. The SMILES string of the molecule is O=C(N[C@@H]1CS(=O)(=O)C[C@H]1N1CCCC1)c1ccccc1F. The molecule has 1 N–H and O–H groups in total. The molecule has 22 heavy (non-hydrogen) atoms. The van der Waals surface area contributed by atoms with E-state index < -0.39 is 27.6 Å². The Hall–Kier alpha value is -1.47. The maximum Gasteiger partial charge on any atom is 0.254 e. The maximum atomic E-state index is 13.7. The first-order valence-electron chi connectivity index (χ1n) is 7.46. The van der Waals surface area contributed by atoms with E-state index in [2.05, 4.69) is 10.2 Å². The Morgan fingerprint density at radius 1 is 1.18 bits per heavy atom. The number of sulfone groups is 1. The highest BCUT2D eigenvalue weighted by molar-refractivity contribution is 7.91. The molecule has 0 bridgehead atoms. The summed E-state index contributed by atoms with van der Waals surface area (Å²) < 4.78 is 37.6. The molecule has 2 heterocycles. The van der Waals surface area contributed by atoms with E-state index in [9.17, 15) is 17.6 Å². The molecule has 7 heteroatoms. The van der Waals surface area contributed by atoms with Gasteiger partial charge in [0.2, 0.25) is 0 Å². The third-order valence-corrected chi connectivity index (χ3v) is 6.08. The maximum absolute atomic E-state index is 13.7. The minimum absolute atomic E-state index is 0.0491. The second-order valence-corrected chi connectivity index (χ2v) is 8.10. The summed E-state index contributed by atoms with van der Waals surface area (Å²) in [5, 5.41) is 2.72. The molecule has 120 valence electrons. The lowest BCUT2D eigenvalue weighted by Crippen LogP contribution is -2.50. The second-order valence-electron chi connectivity index (χ2n) is 5.95. The van der Waals surface area contributed by atoms with Crippen LogP contribution in [0.3, 0.4) is 0 Å². The minimum atomic E-state index is -3.17. The number of carbonyl (C=O) groups is 1. The number of nitrogens with one attached hydrogen (secondary N) is 1. The number of likely N-dealkylation sites (tertiary alicyclic amines) is 1. The number of carbonyl (C=O) groups excluding carboxylic acids is 1. The molecule has 3 rings (SSSR count). The molecule has 2 aliphatic rings. The molecule has 1 aromatic carbocycles. The molecule has 5 nitrogen and oxygen atoms in total. The molecule has 2 saturated heterocycles. The van der Waals surface area contributed by atoms with Crippen LogP contribution in [0.5, 0.6) is 0 Å². The number of benzene rings is 1. The second kappa shape index (κ2) is 5.96. The van der Waals surface area contributed by atoms with Crippen LogP contribution in [0.15, 0.2) is 24.3 Å². The van der Waals surface area contributed by atoms with Crippen LogP contribution < -0.4 is 5.32 Å². The third kappa shape index (κ3) is 3.15. The Morgan fingerprint density at radius 3 is 2.55 bits per heavy atom. The Balaban J connectivity index is 1.77. The van der Waals surface area contributed by atoms with Crippen LogP contribution >= 0.6 is 0 Å². The molecule has 0 aliphatic carbocycles. The normalized spacial score (nSPS) is 27.9. The van der Waals surface area contributed by atoms with Crippen LogP contribution in [0.25, 0.3) is 0 Å². The van der Waals surface area contributed by atoms with Crippen molar-refractivity contribution in [2.24, 2.45) is 0 Å². The van der Waals surface area contributed by atoms with Gasteiger partial charge in [-0.15, -0.1) is 0 Å². The number of amides is 1. The van der Waals surface area contributed by atoms with Gasteiger partial charge >= 0.3 is 0 Å². The predicted octanol–water partition coefficient (Wildman–Crippen LogP) is 0.817. The first-order chi connectivity index (χ1) is 10.5. The molecular formula is C15H19FN2O3S. The topological polar surface area (TPSA) is 66.5 Å². The minimum Gasteiger partial charge on any atom is -0.347 e. The zero-order valence-corrected chi connectivity index (χ0v) is 13.0. The van der Waals surface area contributed by atoms with Crippen molar-refractivity contribution >= 4 is 15.7 Å². The van der Waals surface area contributed by atoms with Crippen molar-refractivity contribution in [1.29, 1.82) is 0 Å². The van der Waals surface area contributed by atoms with Gasteiger partial charge < -0.3 is 5.32 Å². The van der Waals surface area contributed by atoms with Crippen LogP contribution in [0.4, 0.5) is 4.39 Å². The molecule has 2 atom stereocenters. The van der Waals surface area contributed by atoms with E-state index in [4.69, 9.17) is 0 Å². The van der Waals surface area contributed by atoms with Crippen molar-refractivity contribution in [2.75, 3.05) is 24.6 Å². The van der Waals surface area contributed by atoms with Gasteiger partial charge in [0.1, 0.15) is 5.82 Å². The lowest BCUT2D eigenvalue weighted by atomic mass is 10.1. The van der Waals surface area contributed by atoms with E-state index in [1.807, 2.05) is 0 Å². The molecular weight excluding hydrogens is 307 g/mol. The fourth-order valence-electron chi connectivity index (χ4n) is 3.29. The lowest BCUT2D eigenvalue weighted by molar-refractivity contribution is 0.0914. The number of hydrogen-bond donors (Lipinski definition) is 1. The number of hydrogen-bond acceptors (Lipinski definition) is 4. The van der Waals surface area contributed by atoms with Crippen molar-refractivity contribution < 1.29 is 17.6 Å². The summed E-state index contributed by atoms with van der Waals surface area (Å²) in [4.78, 5) is 14.4. The Bertz CT molecular complexity index is 671. The molecule has 1 amide bonds. The van der Waals surface area contributed by atoms with Crippen molar-refractivity contribution in [3.63, 3.8) is 0 Å². The van der Waals surface area contributed by atoms with Gasteiger partial charge in [-0.25, -0.2) is 12.8 Å². The summed E-state index contributed by atoms with van der Waals surface area (Å²) in [5.41, 5.74) is -0.0491. The van der Waals surface area contributed by atoms with E-state index in [0.717, 1.165) is 25.9 Å². The first kappa shape index (κ1) is 15.4. The van der Waals surface area contributed by atoms with Crippen molar-refractivity contribution in [2.45, 2.75) is 24.9 Å². The zero-order chi connectivity index (χ0) is 15.7. The molecule has 2 fully saturated rings. The first-order valence-corrected chi connectivity index (χ1v) is 9.28. The molecule has 1 aromatic rings. The van der Waals surface area contributed by atoms with Gasteiger partial charge in [0.15, 0.2) is 9.84 Å². The van der Waals surface area contributed by atoms with Crippen molar-refractivity contribution in [3.8, 4) is 0 Å². The summed E-state index contributed by atoms with van der Waals surface area (Å²) in [6.45, 7) is 1.71. The molecule has 0 saturated carbocycles. The van der Waals surface area contributed by atoms with Crippen LogP contribution in [-0.2, 0) is 9.84 Å². The van der Waals surface area contributed by atoms with E-state index in [0.29, 0.717) is 0 Å². The summed E-state index contributed by atoms with van der Waals surface area (Å²) in [6.07, 6.45) is 2.09. The van der Waals surface area contributed by atoms with E-state index in [1.165, 1.54) is 18.2 Å². The summed E-state index contributed by atoms with van der Waals surface area (Å²) in [5.74, 6) is -1.16. The Morgan fingerprint density at radius 2 is 1.86 bits per heavy atom. The molecule has 0 spiro atoms. The van der Waals surface area contributed by atoms with Gasteiger partial charge in [-0.05, 0) is 38.1 Å². The van der Waals surface area contributed by atoms with Crippen LogP contribution in [0, 0.1) is 5.82 Å². The van der Waals surface area contributed by atoms with Gasteiger partial charge in [0, 0.05) is 6.04 Å². The molecule has 0 aromatic heterocycles. The van der Waals surface area contributed by atoms with Gasteiger partial charge in [-0.1, -0.05) is 12.1 Å². The molecule has 0 unspecified atom stereocenters. The van der Waals surface area contributed by atoms with Crippen LogP contribution in [-0.4, -0.2) is 55.9 Å². The number of halogens is 1. The quantitative estimate of drug-likeness (QED) is 0.893. The van der Waals surface area contributed by atoms with Crippen molar-refractivity contribution in [3.05, 3.63) is 35.6 Å². The van der Waals surface area contributed by atoms with Gasteiger partial charge in [0.05, 0.1) is 23.1 Å². The number of rotatable bonds is 3. The lowest BCUT2D eigenvalue weighted by Gasteiger charge is -2.28. The summed E-state index contributed by atoms with van der Waals surface area (Å²) in [6, 6.07) is 5.04. The van der Waals surface area contributed by atoms with Gasteiger partial charge in [-0.3, -0.25) is 9.69 Å². The standard InChI is InChI=1S/C15H19FN2O3S/c16-12-6-2-1-5-11(12)15(19)17-13-9-22(20,21)10-14(13)18-7-3-4-8-18/h1-2,5-6,13-14H,3-4,7-10H2,(H,17,19)/t13-,14-/m1/s1. The van der Waals surface area contributed by atoms with Crippen LogP contribution in [0.2, 0.25) is 0 Å². The van der Waals surface area contributed by atoms with Crippen LogP contribution in [0.1, 0.15) is 23.2 Å². The number of nitrogens with zero attached hydrogens (tertiary/aromatic N) is 1. The summed E-state index contributed by atoms with van der Waals surface area (Å²) in [7, 11) is -3.17. The highest BCUT2D eigenvalue weighted by Crippen LogP contribution is 2.23. The average Bonchev–Trinajstić information content (AvgIpc) is 3.06. The smallest absolute Gasteiger partial charge is 0.254 e. The fourth-order valence-corrected chi connectivity index (χ4v) is 5.24. The van der Waals surface area contributed by atoms with Crippen molar-refractivity contribution in [1.82, 2.24) is 10.2 Å². The highest BCUT2D eigenvalue weighted by atomic mass is 32.2. The Labute approximate surface area is 129 Å². The Kier molecular flexibility index (Phi) is 4.18. The summed E-state index contributed by atoms with van der Waals surface area (Å²) >= 11 is 0. The zero-order valence-electron chi connectivity index (χ0n) is 12.2. The third-order valence-electron chi connectivity index (χ3n) is 4.37. The van der Waals surface area contributed by atoms with Gasteiger partial charge in [0.25, 0.3) is 5.91 Å².